The Morgan fingerprint density at radius 1 is 1.58 bits per heavy atom. The van der Waals surface area contributed by atoms with Gasteiger partial charge in [-0.25, -0.2) is 4.79 Å². The summed E-state index contributed by atoms with van der Waals surface area (Å²) in [5.41, 5.74) is 0.424. The molecule has 0 aromatic heterocycles. The van der Waals surface area contributed by atoms with Crippen molar-refractivity contribution in [2.75, 3.05) is 13.7 Å². The molecule has 1 saturated heterocycles. The molecular formula is C14H18N2O3. The van der Waals surface area contributed by atoms with Crippen molar-refractivity contribution in [3.63, 3.8) is 0 Å². The van der Waals surface area contributed by atoms with Gasteiger partial charge in [0.1, 0.15) is 11.5 Å². The molecule has 2 amide bonds. The number of benzene rings is 1. The molecule has 1 N–H and O–H groups in total. The summed E-state index contributed by atoms with van der Waals surface area (Å²) < 4.78 is 11.5. The van der Waals surface area contributed by atoms with Gasteiger partial charge in [0.15, 0.2) is 5.72 Å². The van der Waals surface area contributed by atoms with Gasteiger partial charge in [-0.15, -0.1) is 0 Å². The predicted molar refractivity (Wildman–Crippen MR) is 70.3 cm³/mol. The van der Waals surface area contributed by atoms with E-state index in [0.29, 0.717) is 6.61 Å². The summed E-state index contributed by atoms with van der Waals surface area (Å²) in [4.78, 5) is 13.5. The van der Waals surface area contributed by atoms with E-state index in [-0.39, 0.29) is 12.1 Å². The number of amides is 2. The maximum absolute atomic E-state index is 11.9. The van der Waals surface area contributed by atoms with Gasteiger partial charge in [-0.1, -0.05) is 0 Å². The Balaban J connectivity index is 2.02. The molecule has 0 aliphatic carbocycles. The second-order valence-electron chi connectivity index (χ2n) is 5.17. The van der Waals surface area contributed by atoms with E-state index in [9.17, 15) is 4.79 Å². The molecule has 0 spiro atoms. The highest BCUT2D eigenvalue weighted by molar-refractivity contribution is 5.77. The van der Waals surface area contributed by atoms with Crippen LogP contribution in [0.3, 0.4) is 0 Å². The van der Waals surface area contributed by atoms with Crippen LogP contribution in [0.25, 0.3) is 0 Å². The van der Waals surface area contributed by atoms with E-state index in [2.05, 4.69) is 5.32 Å². The average Bonchev–Trinajstić information content (AvgIpc) is 2.36. The van der Waals surface area contributed by atoms with E-state index in [1.54, 1.807) is 11.9 Å². The Labute approximate surface area is 112 Å². The first-order valence-electron chi connectivity index (χ1n) is 6.53. The molecule has 1 aromatic carbocycles. The number of carbonyl (C=O) groups is 1. The molecule has 5 nitrogen and oxygen atoms in total. The molecule has 19 heavy (non-hydrogen) atoms. The van der Waals surface area contributed by atoms with Gasteiger partial charge < -0.3 is 14.8 Å². The van der Waals surface area contributed by atoms with Crippen LogP contribution in [0, 0.1) is 0 Å². The van der Waals surface area contributed by atoms with Crippen molar-refractivity contribution >= 4 is 6.03 Å². The number of ether oxygens (including phenoxy) is 2. The van der Waals surface area contributed by atoms with Gasteiger partial charge in [0.05, 0.1) is 12.6 Å². The van der Waals surface area contributed by atoms with Crippen LogP contribution in [-0.4, -0.2) is 30.3 Å². The monoisotopic (exact) mass is 262 g/mol. The average molecular weight is 262 g/mol. The van der Waals surface area contributed by atoms with Crippen LogP contribution in [0.2, 0.25) is 0 Å². The van der Waals surface area contributed by atoms with Crippen molar-refractivity contribution in [3.05, 3.63) is 23.8 Å². The zero-order chi connectivity index (χ0) is 13.6. The molecular weight excluding hydrogens is 244 g/mol. The predicted octanol–water partition coefficient (Wildman–Crippen LogP) is 2.28. The van der Waals surface area contributed by atoms with Crippen LogP contribution in [-0.2, 0) is 0 Å². The summed E-state index contributed by atoms with van der Waals surface area (Å²) in [6, 6.07) is 5.69. The second-order valence-corrected chi connectivity index (χ2v) is 5.17. The molecule has 3 rings (SSSR count). The lowest BCUT2D eigenvalue weighted by Gasteiger charge is -2.49. The lowest BCUT2D eigenvalue weighted by molar-refractivity contribution is -0.0719. The van der Waals surface area contributed by atoms with Crippen molar-refractivity contribution in [1.29, 1.82) is 0 Å². The third kappa shape index (κ3) is 1.80. The Bertz CT molecular complexity index is 531. The Kier molecular flexibility index (Phi) is 2.59. The fraction of sp³-hybridized carbons (Fsp3) is 0.500. The number of carbonyl (C=O) groups excluding carboxylic acids is 1. The van der Waals surface area contributed by atoms with Crippen LogP contribution in [0.1, 0.15) is 31.9 Å². The first kappa shape index (κ1) is 12.1. The number of fused-ring (bicyclic) bond motifs is 4. The third-order valence-electron chi connectivity index (χ3n) is 3.90. The van der Waals surface area contributed by atoms with Gasteiger partial charge in [0, 0.05) is 25.1 Å². The van der Waals surface area contributed by atoms with Crippen LogP contribution in [0.5, 0.6) is 11.5 Å². The van der Waals surface area contributed by atoms with E-state index < -0.39 is 5.72 Å². The van der Waals surface area contributed by atoms with E-state index in [0.717, 1.165) is 23.5 Å². The standard InChI is InChI=1S/C14H18N2O3/c1-4-18-9-5-6-10-11-8-14(2,19-12(10)7-9)16(3)13(17)15-11/h5-7,11H,4,8H2,1-3H3,(H,15,17). The zero-order valence-electron chi connectivity index (χ0n) is 11.4. The van der Waals surface area contributed by atoms with Crippen molar-refractivity contribution in [1.82, 2.24) is 10.2 Å². The largest absolute Gasteiger partial charge is 0.494 e. The number of urea groups is 1. The minimum Gasteiger partial charge on any atom is -0.494 e. The summed E-state index contributed by atoms with van der Waals surface area (Å²) in [5.74, 6) is 1.58. The zero-order valence-corrected chi connectivity index (χ0v) is 11.4. The summed E-state index contributed by atoms with van der Waals surface area (Å²) in [6.07, 6.45) is 0.746. The fourth-order valence-electron chi connectivity index (χ4n) is 2.71. The highest BCUT2D eigenvalue weighted by atomic mass is 16.5. The lowest BCUT2D eigenvalue weighted by Crippen LogP contribution is -2.63. The quantitative estimate of drug-likeness (QED) is 0.889. The topological polar surface area (TPSA) is 50.8 Å². The maximum Gasteiger partial charge on any atom is 0.320 e. The normalized spacial score (nSPS) is 28.3. The van der Waals surface area contributed by atoms with Crippen LogP contribution in [0.15, 0.2) is 18.2 Å². The maximum atomic E-state index is 11.9. The molecule has 2 bridgehead atoms. The van der Waals surface area contributed by atoms with Gasteiger partial charge in [0.25, 0.3) is 0 Å². The SMILES string of the molecule is CCOc1ccc2c(c1)OC1(C)CC2NC(=O)N1C. The summed E-state index contributed by atoms with van der Waals surface area (Å²) in [7, 11) is 1.75. The van der Waals surface area contributed by atoms with Crippen LogP contribution < -0.4 is 14.8 Å². The lowest BCUT2D eigenvalue weighted by atomic mass is 9.91. The van der Waals surface area contributed by atoms with Crippen LogP contribution in [0.4, 0.5) is 4.79 Å². The molecule has 0 saturated carbocycles. The molecule has 1 aromatic rings. The molecule has 2 unspecified atom stereocenters. The molecule has 2 aliphatic heterocycles. The minimum absolute atomic E-state index is 0.00752. The van der Waals surface area contributed by atoms with Gasteiger partial charge in [0.2, 0.25) is 0 Å². The van der Waals surface area contributed by atoms with Crippen molar-refractivity contribution in [2.45, 2.75) is 32.0 Å². The highest BCUT2D eigenvalue weighted by Crippen LogP contribution is 2.44. The van der Waals surface area contributed by atoms with E-state index in [4.69, 9.17) is 9.47 Å². The van der Waals surface area contributed by atoms with Gasteiger partial charge >= 0.3 is 6.03 Å². The van der Waals surface area contributed by atoms with Crippen molar-refractivity contribution < 1.29 is 14.3 Å². The number of hydrogen-bond acceptors (Lipinski definition) is 3. The summed E-state index contributed by atoms with van der Waals surface area (Å²) in [6.45, 7) is 4.51. The van der Waals surface area contributed by atoms with E-state index in [1.807, 2.05) is 32.0 Å². The molecule has 2 aliphatic rings. The van der Waals surface area contributed by atoms with Crippen LogP contribution >= 0.6 is 0 Å². The molecule has 1 fully saturated rings. The Morgan fingerprint density at radius 3 is 3.11 bits per heavy atom. The van der Waals surface area contributed by atoms with Gasteiger partial charge in [-0.3, -0.25) is 4.90 Å². The fourth-order valence-corrected chi connectivity index (χ4v) is 2.71. The summed E-state index contributed by atoms with van der Waals surface area (Å²) in [5, 5.41) is 3.00. The number of hydrogen-bond donors (Lipinski definition) is 1. The Morgan fingerprint density at radius 2 is 2.37 bits per heavy atom. The summed E-state index contributed by atoms with van der Waals surface area (Å²) >= 11 is 0. The van der Waals surface area contributed by atoms with Gasteiger partial charge in [-0.2, -0.15) is 0 Å². The van der Waals surface area contributed by atoms with E-state index >= 15 is 0 Å². The van der Waals surface area contributed by atoms with Crippen molar-refractivity contribution in [3.8, 4) is 11.5 Å². The first-order chi connectivity index (χ1) is 9.03. The molecule has 102 valence electrons. The molecule has 2 heterocycles. The smallest absolute Gasteiger partial charge is 0.320 e. The number of rotatable bonds is 2. The first-order valence-corrected chi connectivity index (χ1v) is 6.53. The van der Waals surface area contributed by atoms with Gasteiger partial charge in [-0.05, 0) is 26.0 Å². The van der Waals surface area contributed by atoms with Crippen molar-refractivity contribution in [2.24, 2.45) is 0 Å². The molecule has 5 heteroatoms. The molecule has 2 atom stereocenters. The highest BCUT2D eigenvalue weighted by Gasteiger charge is 2.47. The Hall–Kier alpha value is -1.91. The number of nitrogens with one attached hydrogen (secondary N) is 1. The molecule has 0 radical (unpaired) electrons. The van der Waals surface area contributed by atoms with E-state index in [1.165, 1.54) is 0 Å². The second kappa shape index (κ2) is 4.05. The minimum atomic E-state index is -0.592. The third-order valence-corrected chi connectivity index (χ3v) is 3.90. The number of nitrogens with zero attached hydrogens (tertiary/aromatic N) is 1.